The average Bonchev–Trinajstić information content (AvgIpc) is 2.61. The van der Waals surface area contributed by atoms with Crippen LogP contribution in [0.15, 0.2) is 58.3 Å². The minimum absolute atomic E-state index is 0.112. The zero-order valence-electron chi connectivity index (χ0n) is 14.8. The molecular formula is C18H22N2O3S2. The predicted octanol–water partition coefficient (Wildman–Crippen LogP) is 2.93. The van der Waals surface area contributed by atoms with Gasteiger partial charge in [-0.1, -0.05) is 18.2 Å². The number of nitrogens with zero attached hydrogens (tertiary/aromatic N) is 2. The van der Waals surface area contributed by atoms with E-state index in [9.17, 15) is 13.2 Å². The van der Waals surface area contributed by atoms with Crippen LogP contribution in [0, 0.1) is 0 Å². The number of thioether (sulfide) groups is 1. The van der Waals surface area contributed by atoms with Crippen LogP contribution in [0.2, 0.25) is 0 Å². The van der Waals surface area contributed by atoms with Gasteiger partial charge in [-0.15, -0.1) is 11.8 Å². The molecule has 0 aliphatic rings. The molecule has 0 N–H and O–H groups in total. The largest absolute Gasteiger partial charge is 0.337 e. The first kappa shape index (κ1) is 19.5. The van der Waals surface area contributed by atoms with Gasteiger partial charge in [-0.25, -0.2) is 12.7 Å². The van der Waals surface area contributed by atoms with E-state index in [2.05, 4.69) is 0 Å². The van der Waals surface area contributed by atoms with Crippen molar-refractivity contribution in [1.29, 1.82) is 0 Å². The van der Waals surface area contributed by atoms with Crippen molar-refractivity contribution in [3.8, 4) is 0 Å². The summed E-state index contributed by atoms with van der Waals surface area (Å²) >= 11 is 1.66. The van der Waals surface area contributed by atoms with Crippen LogP contribution in [0.4, 0.5) is 0 Å². The standard InChI is InChI=1S/C18H22N2O3S2/c1-19(2)25(22,23)17-7-5-6-15(12-17)18(21)20(3)13-14-8-10-16(24-4)11-9-14/h5-12H,13H2,1-4H3. The second-order valence-electron chi connectivity index (χ2n) is 5.82. The lowest BCUT2D eigenvalue weighted by Crippen LogP contribution is -2.27. The van der Waals surface area contributed by atoms with Crippen molar-refractivity contribution in [2.45, 2.75) is 16.3 Å². The van der Waals surface area contributed by atoms with E-state index in [-0.39, 0.29) is 10.8 Å². The monoisotopic (exact) mass is 378 g/mol. The molecule has 1 amide bonds. The molecule has 0 atom stereocenters. The summed E-state index contributed by atoms with van der Waals surface area (Å²) in [6.07, 6.45) is 2.01. The molecule has 2 aromatic carbocycles. The fourth-order valence-corrected chi connectivity index (χ4v) is 3.65. The lowest BCUT2D eigenvalue weighted by molar-refractivity contribution is 0.0785. The number of carbonyl (C=O) groups is 1. The van der Waals surface area contributed by atoms with Gasteiger partial charge in [0.15, 0.2) is 0 Å². The zero-order chi connectivity index (χ0) is 18.6. The Morgan fingerprint density at radius 2 is 1.68 bits per heavy atom. The van der Waals surface area contributed by atoms with Crippen LogP contribution >= 0.6 is 11.8 Å². The summed E-state index contributed by atoms with van der Waals surface area (Å²) in [4.78, 5) is 15.5. The van der Waals surface area contributed by atoms with E-state index >= 15 is 0 Å². The topological polar surface area (TPSA) is 57.7 Å². The number of amides is 1. The van der Waals surface area contributed by atoms with Crippen molar-refractivity contribution in [2.24, 2.45) is 0 Å². The Morgan fingerprint density at radius 3 is 2.24 bits per heavy atom. The summed E-state index contributed by atoms with van der Waals surface area (Å²) in [5.41, 5.74) is 1.37. The van der Waals surface area contributed by atoms with Crippen molar-refractivity contribution in [1.82, 2.24) is 9.21 Å². The van der Waals surface area contributed by atoms with Crippen molar-refractivity contribution < 1.29 is 13.2 Å². The molecule has 0 spiro atoms. The van der Waals surface area contributed by atoms with Crippen molar-refractivity contribution in [2.75, 3.05) is 27.4 Å². The molecular weight excluding hydrogens is 356 g/mol. The molecule has 0 saturated heterocycles. The van der Waals surface area contributed by atoms with Gasteiger partial charge < -0.3 is 4.90 Å². The highest BCUT2D eigenvalue weighted by molar-refractivity contribution is 7.98. The van der Waals surface area contributed by atoms with Gasteiger partial charge in [-0.2, -0.15) is 0 Å². The van der Waals surface area contributed by atoms with Crippen LogP contribution < -0.4 is 0 Å². The Kier molecular flexibility index (Phi) is 6.26. The van der Waals surface area contributed by atoms with E-state index in [1.165, 1.54) is 31.1 Å². The molecule has 0 fully saturated rings. The normalized spacial score (nSPS) is 11.6. The molecule has 0 aliphatic heterocycles. The molecule has 0 radical (unpaired) electrons. The van der Waals surface area contributed by atoms with Crippen molar-refractivity contribution in [3.05, 3.63) is 59.7 Å². The Labute approximate surface area is 153 Å². The Morgan fingerprint density at radius 1 is 1.04 bits per heavy atom. The van der Waals surface area contributed by atoms with Crippen LogP contribution in [0.3, 0.4) is 0 Å². The van der Waals surface area contributed by atoms with Gasteiger partial charge >= 0.3 is 0 Å². The van der Waals surface area contributed by atoms with Crippen LogP contribution in [-0.2, 0) is 16.6 Å². The summed E-state index contributed by atoms with van der Waals surface area (Å²) in [5.74, 6) is -0.218. The number of carbonyl (C=O) groups excluding carboxylic acids is 1. The Balaban J connectivity index is 2.19. The third kappa shape index (κ3) is 4.62. The van der Waals surface area contributed by atoms with Gasteiger partial charge in [0.05, 0.1) is 4.90 Å². The average molecular weight is 379 g/mol. The molecule has 2 aromatic rings. The Bertz CT molecular complexity index is 847. The van der Waals surface area contributed by atoms with E-state index in [1.807, 2.05) is 30.5 Å². The number of hydrogen-bond donors (Lipinski definition) is 0. The van der Waals surface area contributed by atoms with Gasteiger partial charge in [0.2, 0.25) is 10.0 Å². The SMILES string of the molecule is CSc1ccc(CN(C)C(=O)c2cccc(S(=O)(=O)N(C)C)c2)cc1. The van der Waals surface area contributed by atoms with E-state index in [0.29, 0.717) is 12.1 Å². The lowest BCUT2D eigenvalue weighted by Gasteiger charge is -2.18. The van der Waals surface area contributed by atoms with Gasteiger partial charge in [0.25, 0.3) is 5.91 Å². The van der Waals surface area contributed by atoms with Crippen molar-refractivity contribution >= 4 is 27.7 Å². The lowest BCUT2D eigenvalue weighted by atomic mass is 10.1. The molecule has 2 rings (SSSR count). The molecule has 25 heavy (non-hydrogen) atoms. The van der Waals surface area contributed by atoms with E-state index in [1.54, 1.807) is 35.8 Å². The minimum Gasteiger partial charge on any atom is -0.337 e. The molecule has 0 bridgehead atoms. The highest BCUT2D eigenvalue weighted by Crippen LogP contribution is 2.18. The smallest absolute Gasteiger partial charge is 0.253 e. The van der Waals surface area contributed by atoms with Gasteiger partial charge in [-0.3, -0.25) is 4.79 Å². The Hall–Kier alpha value is -1.83. The first-order chi connectivity index (χ1) is 11.8. The maximum atomic E-state index is 12.6. The first-order valence-electron chi connectivity index (χ1n) is 7.66. The molecule has 0 aromatic heterocycles. The maximum Gasteiger partial charge on any atom is 0.253 e. The highest BCUT2D eigenvalue weighted by Gasteiger charge is 2.20. The van der Waals surface area contributed by atoms with E-state index in [0.717, 1.165) is 9.87 Å². The van der Waals surface area contributed by atoms with Gasteiger partial charge in [0, 0.05) is 38.1 Å². The number of rotatable bonds is 6. The molecule has 0 aliphatic carbocycles. The third-order valence-corrected chi connectivity index (χ3v) is 6.34. The zero-order valence-corrected chi connectivity index (χ0v) is 16.4. The number of sulfonamides is 1. The summed E-state index contributed by atoms with van der Waals surface area (Å²) in [6, 6.07) is 14.1. The van der Waals surface area contributed by atoms with Crippen LogP contribution in [0.1, 0.15) is 15.9 Å². The summed E-state index contributed by atoms with van der Waals surface area (Å²) in [5, 5.41) is 0. The molecule has 7 heteroatoms. The summed E-state index contributed by atoms with van der Waals surface area (Å²) < 4.78 is 25.6. The fourth-order valence-electron chi connectivity index (χ4n) is 2.30. The van der Waals surface area contributed by atoms with Crippen molar-refractivity contribution in [3.63, 3.8) is 0 Å². The van der Waals surface area contributed by atoms with Gasteiger partial charge in [0.1, 0.15) is 0 Å². The second-order valence-corrected chi connectivity index (χ2v) is 8.86. The highest BCUT2D eigenvalue weighted by atomic mass is 32.2. The summed E-state index contributed by atoms with van der Waals surface area (Å²) in [7, 11) is 1.07. The van der Waals surface area contributed by atoms with Crippen LogP contribution in [0.5, 0.6) is 0 Å². The molecule has 0 saturated carbocycles. The summed E-state index contributed by atoms with van der Waals surface area (Å²) in [6.45, 7) is 0.457. The van der Waals surface area contributed by atoms with Crippen LogP contribution in [-0.4, -0.2) is 50.9 Å². The first-order valence-corrected chi connectivity index (χ1v) is 10.3. The third-order valence-electron chi connectivity index (χ3n) is 3.79. The predicted molar refractivity (Wildman–Crippen MR) is 101 cm³/mol. The van der Waals surface area contributed by atoms with E-state index in [4.69, 9.17) is 0 Å². The van der Waals surface area contributed by atoms with E-state index < -0.39 is 10.0 Å². The molecule has 134 valence electrons. The van der Waals surface area contributed by atoms with Crippen LogP contribution in [0.25, 0.3) is 0 Å². The van der Waals surface area contributed by atoms with Gasteiger partial charge in [-0.05, 0) is 42.2 Å². The maximum absolute atomic E-state index is 12.6. The minimum atomic E-state index is -3.56. The quantitative estimate of drug-likeness (QED) is 0.725. The number of benzene rings is 2. The fraction of sp³-hybridized carbons (Fsp3) is 0.278. The second kappa shape index (κ2) is 8.03. The molecule has 0 unspecified atom stereocenters. The molecule has 0 heterocycles. The molecule has 5 nitrogen and oxygen atoms in total. The number of hydrogen-bond acceptors (Lipinski definition) is 4.